The lowest BCUT2D eigenvalue weighted by atomic mass is 10.0. The van der Waals surface area contributed by atoms with Crippen molar-refractivity contribution in [1.29, 1.82) is 0 Å². The van der Waals surface area contributed by atoms with Gasteiger partial charge in [-0.05, 0) is 54.9 Å². The second-order valence-electron chi connectivity index (χ2n) is 7.23. The zero-order valence-electron chi connectivity index (χ0n) is 18.5. The summed E-state index contributed by atoms with van der Waals surface area (Å²) in [5.74, 6) is 0.118. The lowest BCUT2D eigenvalue weighted by Gasteiger charge is -2.27. The van der Waals surface area contributed by atoms with E-state index >= 15 is 0 Å². The van der Waals surface area contributed by atoms with Gasteiger partial charge < -0.3 is 9.47 Å². The van der Waals surface area contributed by atoms with Crippen molar-refractivity contribution in [3.63, 3.8) is 0 Å². The molecule has 2 amide bonds. The minimum Gasteiger partial charge on any atom is -0.490 e. The maximum absolute atomic E-state index is 12.9. The molecule has 3 rings (SSSR count). The minimum atomic E-state index is -0.544. The van der Waals surface area contributed by atoms with E-state index in [1.165, 1.54) is 11.0 Å². The first-order valence-corrected chi connectivity index (χ1v) is 11.0. The maximum Gasteiger partial charge on any atom is 0.265 e. The third-order valence-electron chi connectivity index (χ3n) is 4.85. The second kappa shape index (κ2) is 11.2. The first-order chi connectivity index (χ1) is 16.0. The fourth-order valence-electron chi connectivity index (χ4n) is 3.39. The number of carbonyl (C=O) groups excluding carboxylic acids is 2. The van der Waals surface area contributed by atoms with Crippen LogP contribution in [0.4, 0.5) is 0 Å². The van der Waals surface area contributed by atoms with Crippen LogP contribution in [0.1, 0.15) is 23.6 Å². The molecule has 1 N–H and O–H groups in total. The van der Waals surface area contributed by atoms with E-state index in [0.29, 0.717) is 36.7 Å². The number of carbonyl (C=O) groups is 2. The lowest BCUT2D eigenvalue weighted by molar-refractivity contribution is -0.128. The fraction of sp³-hybridized carbons (Fsp3) is 0.192. The molecule has 7 heteroatoms. The third kappa shape index (κ3) is 5.75. The van der Waals surface area contributed by atoms with Crippen LogP contribution in [-0.2, 0) is 22.6 Å². The summed E-state index contributed by atoms with van der Waals surface area (Å²) in [7, 11) is 0. The number of nitrogens with one attached hydrogen (secondary N) is 1. The van der Waals surface area contributed by atoms with Gasteiger partial charge in [-0.15, -0.1) is 13.2 Å². The summed E-state index contributed by atoms with van der Waals surface area (Å²) < 4.78 is 12.0. The molecular weight excluding hydrogens is 436 g/mol. The molecule has 1 aliphatic rings. The van der Waals surface area contributed by atoms with E-state index in [9.17, 15) is 9.59 Å². The molecule has 1 aliphatic heterocycles. The molecule has 0 unspecified atom stereocenters. The van der Waals surface area contributed by atoms with Crippen LogP contribution >= 0.6 is 12.2 Å². The van der Waals surface area contributed by atoms with Crippen molar-refractivity contribution in [3.8, 4) is 11.5 Å². The number of hydrogen-bond donors (Lipinski definition) is 1. The van der Waals surface area contributed by atoms with E-state index in [1.54, 1.807) is 18.2 Å². The summed E-state index contributed by atoms with van der Waals surface area (Å²) in [4.78, 5) is 26.7. The van der Waals surface area contributed by atoms with Crippen molar-refractivity contribution in [3.05, 3.63) is 90.0 Å². The number of thiocarbonyl (C=S) groups is 1. The first kappa shape index (κ1) is 23.9. The fourth-order valence-corrected chi connectivity index (χ4v) is 3.64. The smallest absolute Gasteiger partial charge is 0.265 e. The van der Waals surface area contributed by atoms with Crippen LogP contribution in [0.25, 0.3) is 6.08 Å². The van der Waals surface area contributed by atoms with Crippen LogP contribution in [0.2, 0.25) is 0 Å². The predicted octanol–water partition coefficient (Wildman–Crippen LogP) is 4.21. The van der Waals surface area contributed by atoms with Crippen molar-refractivity contribution < 1.29 is 19.1 Å². The summed E-state index contributed by atoms with van der Waals surface area (Å²) >= 11 is 5.11. The monoisotopic (exact) mass is 462 g/mol. The highest BCUT2D eigenvalue weighted by atomic mass is 32.1. The number of hydrogen-bond acceptors (Lipinski definition) is 5. The molecular formula is C26H26N2O4S. The van der Waals surface area contributed by atoms with E-state index in [4.69, 9.17) is 21.7 Å². The Hall–Kier alpha value is -3.71. The van der Waals surface area contributed by atoms with Crippen LogP contribution in [0, 0.1) is 0 Å². The van der Waals surface area contributed by atoms with Gasteiger partial charge in [0.1, 0.15) is 12.2 Å². The molecule has 1 saturated heterocycles. The molecule has 0 aromatic heterocycles. The van der Waals surface area contributed by atoms with Crippen molar-refractivity contribution in [2.45, 2.75) is 20.0 Å². The Bertz CT molecular complexity index is 1110. The van der Waals surface area contributed by atoms with Gasteiger partial charge in [0.15, 0.2) is 16.6 Å². The normalized spacial score (nSPS) is 14.8. The highest BCUT2D eigenvalue weighted by Gasteiger charge is 2.32. The van der Waals surface area contributed by atoms with E-state index in [0.717, 1.165) is 11.1 Å². The Balaban J connectivity index is 2.00. The van der Waals surface area contributed by atoms with Gasteiger partial charge in [-0.1, -0.05) is 42.5 Å². The van der Waals surface area contributed by atoms with Crippen LogP contribution in [0.15, 0.2) is 73.3 Å². The first-order valence-electron chi connectivity index (χ1n) is 10.6. The number of rotatable bonds is 10. The number of nitrogens with zero attached hydrogens (tertiary/aromatic N) is 1. The van der Waals surface area contributed by atoms with Gasteiger partial charge in [0.2, 0.25) is 0 Å². The Morgan fingerprint density at radius 1 is 1.09 bits per heavy atom. The van der Waals surface area contributed by atoms with Crippen molar-refractivity contribution in [2.75, 3.05) is 13.2 Å². The lowest BCUT2D eigenvalue weighted by Crippen LogP contribution is -2.53. The Kier molecular flexibility index (Phi) is 8.16. The van der Waals surface area contributed by atoms with Crippen LogP contribution in [0.3, 0.4) is 0 Å². The number of ether oxygens (including phenoxy) is 2. The van der Waals surface area contributed by atoms with Crippen molar-refractivity contribution >= 4 is 35.2 Å². The summed E-state index contributed by atoms with van der Waals surface area (Å²) in [6, 6.07) is 13.5. The highest BCUT2D eigenvalue weighted by Crippen LogP contribution is 2.35. The average Bonchev–Trinajstić information content (AvgIpc) is 2.80. The molecule has 33 heavy (non-hydrogen) atoms. The van der Waals surface area contributed by atoms with Crippen molar-refractivity contribution in [2.24, 2.45) is 0 Å². The Morgan fingerprint density at radius 3 is 2.52 bits per heavy atom. The van der Waals surface area contributed by atoms with Gasteiger partial charge in [0.05, 0.1) is 6.61 Å². The molecule has 0 aliphatic carbocycles. The molecule has 2 aromatic carbocycles. The van der Waals surface area contributed by atoms with Crippen LogP contribution in [-0.4, -0.2) is 35.0 Å². The minimum absolute atomic E-state index is 0.0181. The Morgan fingerprint density at radius 2 is 1.85 bits per heavy atom. The van der Waals surface area contributed by atoms with E-state index in [2.05, 4.69) is 18.5 Å². The van der Waals surface area contributed by atoms with Crippen LogP contribution in [0.5, 0.6) is 11.5 Å². The number of benzene rings is 2. The molecule has 0 saturated carbocycles. The second-order valence-corrected chi connectivity index (χ2v) is 7.62. The number of amides is 2. The van der Waals surface area contributed by atoms with Gasteiger partial charge in [-0.2, -0.15) is 0 Å². The van der Waals surface area contributed by atoms with Crippen molar-refractivity contribution in [1.82, 2.24) is 10.2 Å². The van der Waals surface area contributed by atoms with Gasteiger partial charge in [-0.25, -0.2) is 0 Å². The molecule has 0 radical (unpaired) electrons. The van der Waals surface area contributed by atoms with Gasteiger partial charge in [0.25, 0.3) is 11.8 Å². The SMILES string of the molecule is C=CCc1cc(/C=C2\C(=O)NC(=S)N(CC=C)C2=O)cc(OCC)c1OCc1ccccc1. The average molecular weight is 463 g/mol. The summed E-state index contributed by atoms with van der Waals surface area (Å²) in [5, 5.41) is 2.62. The quantitative estimate of drug-likeness (QED) is 0.248. The molecule has 170 valence electrons. The predicted molar refractivity (Wildman–Crippen MR) is 133 cm³/mol. The zero-order valence-corrected chi connectivity index (χ0v) is 19.3. The van der Waals surface area contributed by atoms with Gasteiger partial charge >= 0.3 is 0 Å². The molecule has 1 fully saturated rings. The molecule has 0 spiro atoms. The standard InChI is InChI=1S/C26H26N2O4S/c1-4-10-20-14-19(15-21-24(29)27-26(33)28(13-5-2)25(21)30)16-22(31-6-3)23(20)32-17-18-11-8-7-9-12-18/h4-5,7-9,11-12,14-16H,1-2,6,10,13,17H2,3H3,(H,27,29,33)/b21-15+. The molecule has 0 bridgehead atoms. The highest BCUT2D eigenvalue weighted by molar-refractivity contribution is 7.80. The van der Waals surface area contributed by atoms with E-state index < -0.39 is 11.8 Å². The van der Waals surface area contributed by atoms with Crippen LogP contribution < -0.4 is 14.8 Å². The van der Waals surface area contributed by atoms with Gasteiger partial charge in [0, 0.05) is 12.1 Å². The van der Waals surface area contributed by atoms with E-state index in [-0.39, 0.29) is 17.2 Å². The topological polar surface area (TPSA) is 67.9 Å². The summed E-state index contributed by atoms with van der Waals surface area (Å²) in [6.07, 6.45) is 5.37. The van der Waals surface area contributed by atoms with Gasteiger partial charge in [-0.3, -0.25) is 19.8 Å². The van der Waals surface area contributed by atoms with E-state index in [1.807, 2.05) is 43.3 Å². The third-order valence-corrected chi connectivity index (χ3v) is 5.18. The molecule has 6 nitrogen and oxygen atoms in total. The summed E-state index contributed by atoms with van der Waals surface area (Å²) in [5.41, 5.74) is 2.47. The molecule has 2 aromatic rings. The Labute approximate surface area is 199 Å². The number of allylic oxidation sites excluding steroid dienone is 1. The molecule has 1 heterocycles. The largest absolute Gasteiger partial charge is 0.490 e. The molecule has 0 atom stereocenters. The zero-order chi connectivity index (χ0) is 23.8. The summed E-state index contributed by atoms with van der Waals surface area (Å²) in [6.45, 7) is 10.4. The maximum atomic E-state index is 12.9.